The third kappa shape index (κ3) is 3.01. The molecule has 0 aliphatic rings. The second kappa shape index (κ2) is 6.31. The number of carbonyl (C=O) groups excluding carboxylic acids is 2. The lowest BCUT2D eigenvalue weighted by Crippen LogP contribution is -2.58. The molecule has 1 heterocycles. The van der Waals surface area contributed by atoms with E-state index in [1.165, 1.54) is 17.4 Å². The lowest BCUT2D eigenvalue weighted by molar-refractivity contribution is -0.346. The molecule has 0 saturated heterocycles. The van der Waals surface area contributed by atoms with Crippen LogP contribution < -0.4 is 15.3 Å². The Kier molecular flexibility index (Phi) is 4.38. The van der Waals surface area contributed by atoms with Crippen LogP contribution in [0, 0.1) is 0 Å². The molecule has 2 aromatic carbocycles. The van der Waals surface area contributed by atoms with Gasteiger partial charge in [-0.3, -0.25) is 4.79 Å². The van der Waals surface area contributed by atoms with Gasteiger partial charge in [0.05, 0.1) is 0 Å². The number of esters is 1. The van der Waals surface area contributed by atoms with E-state index in [1.54, 1.807) is 24.3 Å². The molecule has 0 spiro atoms. The molecule has 0 aliphatic carbocycles. The Morgan fingerprint density at radius 2 is 1.56 bits per heavy atom. The summed E-state index contributed by atoms with van der Waals surface area (Å²) in [6.45, 7) is 0. The summed E-state index contributed by atoms with van der Waals surface area (Å²) in [7, 11) is 0. The average Bonchev–Trinajstić information content (AvgIpc) is 2.62. The summed E-state index contributed by atoms with van der Waals surface area (Å²) < 4.78 is 58.2. The van der Waals surface area contributed by atoms with Crippen molar-refractivity contribution in [1.29, 1.82) is 0 Å². The van der Waals surface area contributed by atoms with Crippen LogP contribution >= 0.6 is 11.3 Å². The van der Waals surface area contributed by atoms with Crippen molar-refractivity contribution in [3.05, 3.63) is 52.7 Å². The van der Waals surface area contributed by atoms with Crippen LogP contribution in [-0.2, 0) is 9.59 Å². The number of carboxylic acids is 1. The average molecular weight is 399 g/mol. The Hall–Kier alpha value is -3.01. The first-order valence-electron chi connectivity index (χ1n) is 7.20. The van der Waals surface area contributed by atoms with E-state index < -0.39 is 35.0 Å². The van der Waals surface area contributed by atoms with Gasteiger partial charge in [0.1, 0.15) is 11.7 Å². The molecule has 1 aromatic heterocycles. The fourth-order valence-corrected chi connectivity index (χ4v) is 3.33. The van der Waals surface area contributed by atoms with Gasteiger partial charge in [-0.1, -0.05) is 12.1 Å². The predicted octanol–water partition coefficient (Wildman–Crippen LogP) is 2.34. The number of hydrogen-bond donors (Lipinski definition) is 0. The summed E-state index contributed by atoms with van der Waals surface area (Å²) in [6, 6.07) is 9.86. The zero-order valence-corrected chi connectivity index (χ0v) is 13.8. The zero-order valence-electron chi connectivity index (χ0n) is 13.0. The number of alkyl halides is 4. The normalized spacial score (nSPS) is 12.3. The highest BCUT2D eigenvalue weighted by molar-refractivity contribution is 7.24. The number of halogens is 4. The first kappa shape index (κ1) is 18.8. The minimum Gasteiger partial charge on any atom is -0.544 e. The minimum absolute atomic E-state index is 0.0268. The molecule has 0 amide bonds. The molecule has 0 saturated carbocycles. The number of hydrogen-bond acceptors (Lipinski definition) is 6. The third-order valence-corrected chi connectivity index (χ3v) is 4.82. The van der Waals surface area contributed by atoms with Crippen molar-refractivity contribution in [3.63, 3.8) is 0 Å². The van der Waals surface area contributed by atoms with Gasteiger partial charge in [0.15, 0.2) is 5.43 Å². The second-order valence-electron chi connectivity index (χ2n) is 5.41. The molecule has 0 N–H and O–H groups in total. The van der Waals surface area contributed by atoms with Gasteiger partial charge in [0.2, 0.25) is 0 Å². The number of fused-ring (bicyclic) bond motifs is 2. The highest BCUT2D eigenvalue weighted by atomic mass is 32.1. The Labute approximate surface area is 151 Å². The van der Waals surface area contributed by atoms with Crippen molar-refractivity contribution in [2.75, 3.05) is 0 Å². The molecule has 3 aromatic rings. The minimum atomic E-state index is -5.76. The van der Waals surface area contributed by atoms with Crippen LogP contribution in [0.3, 0.4) is 0 Å². The van der Waals surface area contributed by atoms with Gasteiger partial charge in [0.25, 0.3) is 0 Å². The van der Waals surface area contributed by atoms with Gasteiger partial charge >= 0.3 is 17.8 Å². The zero-order chi connectivity index (χ0) is 20.0. The summed E-state index contributed by atoms with van der Waals surface area (Å²) in [4.78, 5) is 34.1. The topological polar surface area (TPSA) is 83.5 Å². The van der Waals surface area contributed by atoms with E-state index in [0.29, 0.717) is 14.8 Å². The van der Waals surface area contributed by atoms with E-state index in [9.17, 15) is 37.1 Å². The summed E-state index contributed by atoms with van der Waals surface area (Å²) >= 11 is 1.21. The summed E-state index contributed by atoms with van der Waals surface area (Å²) in [6.07, 6.45) is 0. The highest BCUT2D eigenvalue weighted by Crippen LogP contribution is 2.36. The fraction of sp³-hybridized carbons (Fsp3) is 0.118. The van der Waals surface area contributed by atoms with Gasteiger partial charge in [-0.15, -0.1) is 11.3 Å². The standard InChI is InChI=1S/C17H8F4O5S/c18-16(19,14(23)24)17(20,21)15(25)26-8-5-6-12-10(7-8)13(22)9-3-1-2-4-11(9)27-12/h1-7H,(H,23,24)/p-1. The molecule has 0 unspecified atom stereocenters. The van der Waals surface area contributed by atoms with Crippen molar-refractivity contribution in [2.24, 2.45) is 0 Å². The van der Waals surface area contributed by atoms with E-state index in [4.69, 9.17) is 0 Å². The van der Waals surface area contributed by atoms with E-state index in [2.05, 4.69) is 4.74 Å². The first-order valence-corrected chi connectivity index (χ1v) is 8.02. The van der Waals surface area contributed by atoms with E-state index >= 15 is 0 Å². The Bertz CT molecular complexity index is 1140. The van der Waals surface area contributed by atoms with Gasteiger partial charge in [-0.05, 0) is 30.3 Å². The van der Waals surface area contributed by atoms with Crippen molar-refractivity contribution in [1.82, 2.24) is 0 Å². The molecule has 27 heavy (non-hydrogen) atoms. The lowest BCUT2D eigenvalue weighted by atomic mass is 10.1. The Morgan fingerprint density at radius 3 is 2.22 bits per heavy atom. The molecule has 0 fully saturated rings. The van der Waals surface area contributed by atoms with Crippen LogP contribution in [-0.4, -0.2) is 23.8 Å². The summed E-state index contributed by atoms with van der Waals surface area (Å²) in [5.41, 5.74) is -0.468. The number of carbonyl (C=O) groups is 2. The number of rotatable bonds is 4. The fourth-order valence-electron chi connectivity index (χ4n) is 2.27. The second-order valence-corrected chi connectivity index (χ2v) is 6.49. The van der Waals surface area contributed by atoms with Gasteiger partial charge in [0, 0.05) is 20.2 Å². The van der Waals surface area contributed by atoms with Crippen molar-refractivity contribution in [2.45, 2.75) is 11.8 Å². The number of carboxylic acid groups (broad SMARTS) is 1. The van der Waals surface area contributed by atoms with Crippen LogP contribution in [0.4, 0.5) is 17.6 Å². The monoisotopic (exact) mass is 399 g/mol. The molecule has 10 heteroatoms. The molecule has 140 valence electrons. The van der Waals surface area contributed by atoms with Crippen molar-refractivity contribution in [3.8, 4) is 5.75 Å². The largest absolute Gasteiger partial charge is 0.544 e. The van der Waals surface area contributed by atoms with Crippen LogP contribution in [0.1, 0.15) is 0 Å². The maximum absolute atomic E-state index is 13.4. The first-order chi connectivity index (χ1) is 12.6. The molecule has 3 rings (SSSR count). The smallest absolute Gasteiger partial charge is 0.410 e. The predicted molar refractivity (Wildman–Crippen MR) is 86.1 cm³/mol. The third-order valence-electron chi connectivity index (χ3n) is 3.66. The van der Waals surface area contributed by atoms with E-state index in [1.807, 2.05) is 0 Å². The van der Waals surface area contributed by atoms with Crippen LogP contribution in [0.5, 0.6) is 5.75 Å². The summed E-state index contributed by atoms with van der Waals surface area (Å²) in [5, 5.41) is 10.5. The Balaban J connectivity index is 2.02. The van der Waals surface area contributed by atoms with Crippen LogP contribution in [0.2, 0.25) is 0 Å². The number of ether oxygens (including phenoxy) is 1. The molecule has 0 aliphatic heterocycles. The number of benzene rings is 2. The van der Waals surface area contributed by atoms with Crippen LogP contribution in [0.15, 0.2) is 47.3 Å². The molecular formula is C17H7F4O5S-. The van der Waals surface area contributed by atoms with Crippen molar-refractivity contribution >= 4 is 43.4 Å². The molecular weight excluding hydrogens is 392 g/mol. The number of aliphatic carboxylic acids is 1. The van der Waals surface area contributed by atoms with E-state index in [-0.39, 0.29) is 5.39 Å². The maximum atomic E-state index is 13.4. The Morgan fingerprint density at radius 1 is 0.926 bits per heavy atom. The molecule has 0 bridgehead atoms. The van der Waals surface area contributed by atoms with Crippen molar-refractivity contribution < 1.29 is 37.0 Å². The molecule has 0 atom stereocenters. The molecule has 0 radical (unpaired) electrons. The lowest BCUT2D eigenvalue weighted by Gasteiger charge is -2.25. The highest BCUT2D eigenvalue weighted by Gasteiger charge is 2.64. The quantitative estimate of drug-likeness (QED) is 0.291. The SMILES string of the molecule is O=C([O-])C(F)(F)C(F)(F)C(=O)Oc1ccc2sc3ccccc3c(=O)c2c1. The van der Waals surface area contributed by atoms with Gasteiger partial charge in [-0.2, -0.15) is 17.6 Å². The van der Waals surface area contributed by atoms with Gasteiger partial charge in [-0.25, -0.2) is 4.79 Å². The van der Waals surface area contributed by atoms with Gasteiger partial charge < -0.3 is 14.6 Å². The van der Waals surface area contributed by atoms with E-state index in [0.717, 1.165) is 12.1 Å². The maximum Gasteiger partial charge on any atom is 0.410 e. The van der Waals surface area contributed by atoms with Crippen LogP contribution in [0.25, 0.3) is 20.2 Å². The summed E-state index contributed by atoms with van der Waals surface area (Å²) in [5.74, 6) is -18.2. The molecule has 5 nitrogen and oxygen atoms in total.